The molecule has 1 aromatic heterocycles. The molecule has 0 bridgehead atoms. The van der Waals surface area contributed by atoms with E-state index in [0.29, 0.717) is 17.8 Å². The van der Waals surface area contributed by atoms with E-state index >= 15 is 0 Å². The molecule has 3 aromatic rings. The van der Waals surface area contributed by atoms with Gasteiger partial charge in [0, 0.05) is 41.8 Å². The lowest BCUT2D eigenvalue weighted by molar-refractivity contribution is 0.0707. The number of amides is 1. The number of sulfonamides is 1. The first-order valence-electron chi connectivity index (χ1n) is 9.39. The number of hydrogen-bond acceptors (Lipinski definition) is 5. The third kappa shape index (κ3) is 4.49. The van der Waals surface area contributed by atoms with Crippen LogP contribution in [0.1, 0.15) is 34.1 Å². The molecule has 6 nitrogen and oxygen atoms in total. The molecule has 1 atom stereocenters. The van der Waals surface area contributed by atoms with Gasteiger partial charge in [-0.3, -0.25) is 9.52 Å². The maximum atomic E-state index is 12.9. The van der Waals surface area contributed by atoms with Crippen LogP contribution in [0, 0.1) is 0 Å². The van der Waals surface area contributed by atoms with Gasteiger partial charge < -0.3 is 4.90 Å². The number of carbonyl (C=O) groups excluding carboxylic acids is 1. The van der Waals surface area contributed by atoms with Gasteiger partial charge in [-0.25, -0.2) is 13.4 Å². The van der Waals surface area contributed by atoms with E-state index in [1.807, 2.05) is 10.3 Å². The molecule has 0 saturated carbocycles. The smallest absolute Gasteiger partial charge is 0.261 e. The normalized spacial score (nSPS) is 17.1. The Morgan fingerprint density at radius 1 is 1.10 bits per heavy atom. The first-order chi connectivity index (χ1) is 14.0. The predicted molar refractivity (Wildman–Crippen MR) is 114 cm³/mol. The molecule has 29 heavy (non-hydrogen) atoms. The average molecular weight is 428 g/mol. The Labute approximate surface area is 174 Å². The lowest BCUT2D eigenvalue weighted by Crippen LogP contribution is -2.39. The number of hydrogen-bond donors (Lipinski definition) is 1. The summed E-state index contributed by atoms with van der Waals surface area (Å²) in [6, 6.07) is 14.8. The molecule has 1 saturated heterocycles. The molecule has 1 amide bonds. The van der Waals surface area contributed by atoms with Gasteiger partial charge in [-0.15, -0.1) is 11.3 Å². The van der Waals surface area contributed by atoms with Crippen LogP contribution in [0.5, 0.6) is 0 Å². The van der Waals surface area contributed by atoms with Gasteiger partial charge in [-0.2, -0.15) is 0 Å². The molecule has 1 aliphatic rings. The molecule has 8 heteroatoms. The van der Waals surface area contributed by atoms with Crippen molar-refractivity contribution in [2.24, 2.45) is 0 Å². The number of rotatable bonds is 5. The van der Waals surface area contributed by atoms with Gasteiger partial charge in [0.05, 0.1) is 9.90 Å². The molecule has 1 fully saturated rings. The van der Waals surface area contributed by atoms with Crippen LogP contribution >= 0.6 is 11.3 Å². The minimum atomic E-state index is -3.65. The number of benzene rings is 2. The maximum absolute atomic E-state index is 12.9. The molecule has 4 rings (SSSR count). The second kappa shape index (κ2) is 8.34. The SMILES string of the molecule is O=C(c1ccc(NS(=O)(=O)c2ccccc2)cc1)N1CCCC(c2nccs2)C1. The van der Waals surface area contributed by atoms with Gasteiger partial charge in [0.15, 0.2) is 0 Å². The molecular weight excluding hydrogens is 406 g/mol. The van der Waals surface area contributed by atoms with Crippen LogP contribution in [0.4, 0.5) is 5.69 Å². The Morgan fingerprint density at radius 2 is 1.86 bits per heavy atom. The quantitative estimate of drug-likeness (QED) is 0.668. The number of aromatic nitrogens is 1. The van der Waals surface area contributed by atoms with Gasteiger partial charge in [0.25, 0.3) is 15.9 Å². The Hall–Kier alpha value is -2.71. The first-order valence-corrected chi connectivity index (χ1v) is 11.8. The van der Waals surface area contributed by atoms with Crippen molar-refractivity contribution in [2.75, 3.05) is 17.8 Å². The number of carbonyl (C=O) groups is 1. The second-order valence-corrected chi connectivity index (χ2v) is 9.57. The molecule has 2 aromatic carbocycles. The number of thiazole rings is 1. The lowest BCUT2D eigenvalue weighted by Gasteiger charge is -2.32. The number of likely N-dealkylation sites (tertiary alicyclic amines) is 1. The fraction of sp³-hybridized carbons (Fsp3) is 0.238. The van der Waals surface area contributed by atoms with Gasteiger partial charge >= 0.3 is 0 Å². The molecule has 1 N–H and O–H groups in total. The summed E-state index contributed by atoms with van der Waals surface area (Å²) in [6.07, 6.45) is 3.79. The second-order valence-electron chi connectivity index (χ2n) is 6.96. The standard InChI is InChI=1S/C21H21N3O3S2/c25-21(24-13-4-5-17(15-24)20-22-12-14-28-20)16-8-10-18(11-9-16)23-29(26,27)19-6-2-1-3-7-19/h1-3,6-12,14,17,23H,4-5,13,15H2. The highest BCUT2D eigenvalue weighted by atomic mass is 32.2. The molecule has 2 heterocycles. The van der Waals surface area contributed by atoms with E-state index in [0.717, 1.165) is 24.4 Å². The summed E-state index contributed by atoms with van der Waals surface area (Å²) >= 11 is 1.63. The van der Waals surface area contributed by atoms with E-state index in [2.05, 4.69) is 9.71 Å². The summed E-state index contributed by atoms with van der Waals surface area (Å²) < 4.78 is 27.4. The van der Waals surface area contributed by atoms with Crippen LogP contribution < -0.4 is 4.72 Å². The Kier molecular flexibility index (Phi) is 5.64. The molecule has 1 aliphatic heterocycles. The summed E-state index contributed by atoms with van der Waals surface area (Å²) in [5.74, 6) is 0.244. The molecule has 1 unspecified atom stereocenters. The van der Waals surface area contributed by atoms with Gasteiger partial charge in [-0.1, -0.05) is 18.2 Å². The van der Waals surface area contributed by atoms with E-state index in [1.54, 1.807) is 60.0 Å². The van der Waals surface area contributed by atoms with Crippen LogP contribution in [-0.2, 0) is 10.0 Å². The molecular formula is C21H21N3O3S2. The third-order valence-electron chi connectivity index (χ3n) is 4.95. The minimum Gasteiger partial charge on any atom is -0.338 e. The Bertz CT molecular complexity index is 1070. The van der Waals surface area contributed by atoms with Gasteiger partial charge in [-0.05, 0) is 49.2 Å². The van der Waals surface area contributed by atoms with Gasteiger partial charge in [0.2, 0.25) is 0 Å². The van der Waals surface area contributed by atoms with Crippen molar-refractivity contribution in [3.05, 3.63) is 76.7 Å². The van der Waals surface area contributed by atoms with E-state index in [1.165, 1.54) is 12.1 Å². The van der Waals surface area contributed by atoms with Crippen molar-refractivity contribution >= 4 is 33.0 Å². The third-order valence-corrected chi connectivity index (χ3v) is 7.28. The largest absolute Gasteiger partial charge is 0.338 e. The van der Waals surface area contributed by atoms with E-state index in [9.17, 15) is 13.2 Å². The van der Waals surface area contributed by atoms with Crippen molar-refractivity contribution in [2.45, 2.75) is 23.7 Å². The Balaban J connectivity index is 1.44. The summed E-state index contributed by atoms with van der Waals surface area (Å²) in [7, 11) is -3.65. The van der Waals surface area contributed by atoms with Crippen LogP contribution in [0.15, 0.2) is 71.1 Å². The van der Waals surface area contributed by atoms with E-state index in [-0.39, 0.29) is 16.7 Å². The highest BCUT2D eigenvalue weighted by Gasteiger charge is 2.26. The van der Waals surface area contributed by atoms with E-state index in [4.69, 9.17) is 0 Å². The highest BCUT2D eigenvalue weighted by molar-refractivity contribution is 7.92. The van der Waals surface area contributed by atoms with Crippen molar-refractivity contribution in [1.29, 1.82) is 0 Å². The van der Waals surface area contributed by atoms with Crippen LogP contribution in [-0.4, -0.2) is 37.3 Å². The van der Waals surface area contributed by atoms with Crippen molar-refractivity contribution in [1.82, 2.24) is 9.88 Å². The Morgan fingerprint density at radius 3 is 2.55 bits per heavy atom. The summed E-state index contributed by atoms with van der Waals surface area (Å²) in [6.45, 7) is 1.39. The summed E-state index contributed by atoms with van der Waals surface area (Å²) in [4.78, 5) is 19.4. The molecule has 0 aliphatic carbocycles. The van der Waals surface area contributed by atoms with Crippen LogP contribution in [0.2, 0.25) is 0 Å². The van der Waals surface area contributed by atoms with Crippen LogP contribution in [0.3, 0.4) is 0 Å². The van der Waals surface area contributed by atoms with E-state index < -0.39 is 10.0 Å². The first kappa shape index (κ1) is 19.6. The van der Waals surface area contributed by atoms with Crippen molar-refractivity contribution in [3.63, 3.8) is 0 Å². The average Bonchev–Trinajstić information content (AvgIpc) is 3.29. The number of nitrogens with one attached hydrogen (secondary N) is 1. The zero-order valence-electron chi connectivity index (χ0n) is 15.7. The fourth-order valence-electron chi connectivity index (χ4n) is 3.48. The van der Waals surface area contributed by atoms with Gasteiger partial charge in [0.1, 0.15) is 0 Å². The lowest BCUT2D eigenvalue weighted by atomic mass is 9.98. The topological polar surface area (TPSA) is 79.4 Å². The highest BCUT2D eigenvalue weighted by Crippen LogP contribution is 2.29. The fourth-order valence-corrected chi connectivity index (χ4v) is 5.32. The molecule has 150 valence electrons. The zero-order chi connectivity index (χ0) is 20.3. The number of anilines is 1. The zero-order valence-corrected chi connectivity index (χ0v) is 17.3. The molecule has 0 spiro atoms. The monoisotopic (exact) mass is 427 g/mol. The van der Waals surface area contributed by atoms with Crippen molar-refractivity contribution < 1.29 is 13.2 Å². The van der Waals surface area contributed by atoms with Crippen LogP contribution in [0.25, 0.3) is 0 Å². The maximum Gasteiger partial charge on any atom is 0.261 e. The molecule has 0 radical (unpaired) electrons. The van der Waals surface area contributed by atoms with Crippen molar-refractivity contribution in [3.8, 4) is 0 Å². The number of nitrogens with zero attached hydrogens (tertiary/aromatic N) is 2. The summed E-state index contributed by atoms with van der Waals surface area (Å²) in [5, 5.41) is 3.04. The minimum absolute atomic E-state index is 0.0382. The predicted octanol–water partition coefficient (Wildman–Crippen LogP) is 3.96. The summed E-state index contributed by atoms with van der Waals surface area (Å²) in [5.41, 5.74) is 0.970. The number of piperidine rings is 1.